The van der Waals surface area contributed by atoms with Crippen LogP contribution in [-0.4, -0.2) is 30.1 Å². The molecule has 2 rings (SSSR count). The van der Waals surface area contributed by atoms with Gasteiger partial charge in [-0.2, -0.15) is 0 Å². The first-order valence-electron chi connectivity index (χ1n) is 7.14. The third kappa shape index (κ3) is 5.42. The molecular formula is C15H25ClN2S. The number of piperidine rings is 1. The summed E-state index contributed by atoms with van der Waals surface area (Å²) >= 11 is 7.71. The van der Waals surface area contributed by atoms with Crippen LogP contribution in [0.5, 0.6) is 0 Å². The van der Waals surface area contributed by atoms with Crippen molar-refractivity contribution in [3.8, 4) is 0 Å². The zero-order chi connectivity index (χ0) is 13.9. The molecule has 1 N–H and O–H groups in total. The molecule has 0 spiro atoms. The predicted molar refractivity (Wildman–Crippen MR) is 85.1 cm³/mol. The fraction of sp³-hybridized carbons (Fsp3) is 0.733. The van der Waals surface area contributed by atoms with Crippen LogP contribution in [0, 0.1) is 5.92 Å². The van der Waals surface area contributed by atoms with E-state index < -0.39 is 0 Å². The third-order valence-electron chi connectivity index (χ3n) is 3.53. The highest BCUT2D eigenvalue weighted by molar-refractivity contribution is 7.16. The normalized spacial score (nSPS) is 21.8. The maximum absolute atomic E-state index is 6.00. The molecule has 4 heteroatoms. The summed E-state index contributed by atoms with van der Waals surface area (Å²) in [5.74, 6) is 0.781. The van der Waals surface area contributed by atoms with Crippen molar-refractivity contribution in [1.29, 1.82) is 0 Å². The maximum Gasteiger partial charge on any atom is 0.0931 e. The van der Waals surface area contributed by atoms with Gasteiger partial charge >= 0.3 is 0 Å². The number of nitrogens with one attached hydrogen (secondary N) is 1. The minimum atomic E-state index is 0.226. The molecule has 2 heterocycles. The molecule has 0 radical (unpaired) electrons. The average Bonchev–Trinajstić information content (AvgIpc) is 2.72. The van der Waals surface area contributed by atoms with Gasteiger partial charge in [-0.3, -0.25) is 4.90 Å². The minimum absolute atomic E-state index is 0.226. The van der Waals surface area contributed by atoms with Crippen molar-refractivity contribution in [1.82, 2.24) is 10.2 Å². The number of nitrogens with zero attached hydrogens (tertiary/aromatic N) is 1. The van der Waals surface area contributed by atoms with Gasteiger partial charge in [0.25, 0.3) is 0 Å². The van der Waals surface area contributed by atoms with Gasteiger partial charge in [-0.25, -0.2) is 0 Å². The van der Waals surface area contributed by atoms with Gasteiger partial charge in [0.15, 0.2) is 0 Å². The number of thiophene rings is 1. The zero-order valence-corrected chi connectivity index (χ0v) is 13.8. The van der Waals surface area contributed by atoms with Crippen molar-refractivity contribution in [3.63, 3.8) is 0 Å². The van der Waals surface area contributed by atoms with E-state index in [9.17, 15) is 0 Å². The summed E-state index contributed by atoms with van der Waals surface area (Å²) in [6, 6.07) is 4.16. The molecule has 0 aliphatic carbocycles. The number of likely N-dealkylation sites (tertiary alicyclic amines) is 1. The van der Waals surface area contributed by atoms with Gasteiger partial charge in [-0.15, -0.1) is 11.3 Å². The zero-order valence-electron chi connectivity index (χ0n) is 12.2. The second-order valence-electron chi connectivity index (χ2n) is 6.58. The van der Waals surface area contributed by atoms with Crippen LogP contribution in [0.25, 0.3) is 0 Å². The molecule has 2 nitrogen and oxygen atoms in total. The number of rotatable bonds is 4. The van der Waals surface area contributed by atoms with Gasteiger partial charge in [-0.05, 0) is 64.8 Å². The van der Waals surface area contributed by atoms with Gasteiger partial charge in [0.1, 0.15) is 0 Å². The summed E-state index contributed by atoms with van der Waals surface area (Å²) in [6.45, 7) is 11.3. The Bertz CT molecular complexity index is 397. The topological polar surface area (TPSA) is 15.3 Å². The van der Waals surface area contributed by atoms with Gasteiger partial charge < -0.3 is 5.32 Å². The van der Waals surface area contributed by atoms with Crippen molar-refractivity contribution in [2.24, 2.45) is 5.92 Å². The van der Waals surface area contributed by atoms with Crippen molar-refractivity contribution < 1.29 is 0 Å². The standard InChI is InChI=1S/C15H25ClN2S/c1-15(2,3)17-9-12-5-4-8-18(10-12)11-13-6-7-14(16)19-13/h6-7,12,17H,4-5,8-11H2,1-3H3. The van der Waals surface area contributed by atoms with Crippen LogP contribution in [0.2, 0.25) is 4.34 Å². The second kappa shape index (κ2) is 6.57. The summed E-state index contributed by atoms with van der Waals surface area (Å²) in [5, 5.41) is 3.63. The van der Waals surface area contributed by atoms with Crippen molar-refractivity contribution in [2.75, 3.05) is 19.6 Å². The van der Waals surface area contributed by atoms with E-state index in [0.29, 0.717) is 0 Å². The fourth-order valence-electron chi connectivity index (χ4n) is 2.57. The van der Waals surface area contributed by atoms with E-state index in [0.717, 1.165) is 23.3 Å². The van der Waals surface area contributed by atoms with E-state index in [2.05, 4.69) is 37.1 Å². The molecule has 108 valence electrons. The quantitative estimate of drug-likeness (QED) is 0.904. The van der Waals surface area contributed by atoms with Crippen LogP contribution in [0.15, 0.2) is 12.1 Å². The molecule has 1 aromatic heterocycles. The highest BCUT2D eigenvalue weighted by Crippen LogP contribution is 2.25. The molecule has 1 saturated heterocycles. The fourth-order valence-corrected chi connectivity index (χ4v) is 3.70. The lowest BCUT2D eigenvalue weighted by atomic mass is 9.96. The summed E-state index contributed by atoms with van der Waals surface area (Å²) in [7, 11) is 0. The van der Waals surface area contributed by atoms with E-state index in [-0.39, 0.29) is 5.54 Å². The number of hydrogen-bond acceptors (Lipinski definition) is 3. The maximum atomic E-state index is 6.00. The minimum Gasteiger partial charge on any atom is -0.312 e. The molecule has 0 saturated carbocycles. The Hall–Kier alpha value is -0.0900. The molecule has 1 unspecified atom stereocenters. The lowest BCUT2D eigenvalue weighted by Gasteiger charge is -2.34. The monoisotopic (exact) mass is 300 g/mol. The molecule has 1 aliphatic rings. The Morgan fingerprint density at radius 1 is 1.42 bits per heavy atom. The van der Waals surface area contributed by atoms with Crippen molar-refractivity contribution in [2.45, 2.75) is 45.7 Å². The summed E-state index contributed by atoms with van der Waals surface area (Å²) in [4.78, 5) is 3.95. The smallest absolute Gasteiger partial charge is 0.0931 e. The first-order chi connectivity index (χ1) is 8.92. The largest absolute Gasteiger partial charge is 0.312 e. The SMILES string of the molecule is CC(C)(C)NCC1CCCN(Cc2ccc(Cl)s2)C1. The van der Waals surface area contributed by atoms with Crippen LogP contribution in [-0.2, 0) is 6.54 Å². The first-order valence-corrected chi connectivity index (χ1v) is 8.33. The number of halogens is 1. The van der Waals surface area contributed by atoms with Crippen LogP contribution in [0.4, 0.5) is 0 Å². The summed E-state index contributed by atoms with van der Waals surface area (Å²) in [5.41, 5.74) is 0.226. The Labute approximate surface area is 126 Å². The van der Waals surface area contributed by atoms with Gasteiger partial charge in [0.2, 0.25) is 0 Å². The van der Waals surface area contributed by atoms with E-state index in [1.54, 1.807) is 11.3 Å². The van der Waals surface area contributed by atoms with Crippen molar-refractivity contribution >= 4 is 22.9 Å². The number of hydrogen-bond donors (Lipinski definition) is 1. The Morgan fingerprint density at radius 3 is 2.84 bits per heavy atom. The molecule has 1 aromatic rings. The van der Waals surface area contributed by atoms with Crippen molar-refractivity contribution in [3.05, 3.63) is 21.3 Å². The summed E-state index contributed by atoms with van der Waals surface area (Å²) in [6.07, 6.45) is 2.67. The molecule has 1 aliphatic heterocycles. The highest BCUT2D eigenvalue weighted by atomic mass is 35.5. The van der Waals surface area contributed by atoms with Crippen LogP contribution in [0.3, 0.4) is 0 Å². The lowest BCUT2D eigenvalue weighted by molar-refractivity contribution is 0.161. The molecule has 1 fully saturated rings. The Morgan fingerprint density at radius 2 is 2.21 bits per heavy atom. The van der Waals surface area contributed by atoms with Gasteiger partial charge in [0, 0.05) is 23.5 Å². The van der Waals surface area contributed by atoms with Crippen LogP contribution < -0.4 is 5.32 Å². The third-order valence-corrected chi connectivity index (χ3v) is 4.75. The first kappa shape index (κ1) is 15.3. The molecule has 0 aromatic carbocycles. The van der Waals surface area contributed by atoms with E-state index >= 15 is 0 Å². The second-order valence-corrected chi connectivity index (χ2v) is 8.38. The highest BCUT2D eigenvalue weighted by Gasteiger charge is 2.21. The Kier molecular flexibility index (Phi) is 5.29. The molecule has 19 heavy (non-hydrogen) atoms. The molecular weight excluding hydrogens is 276 g/mol. The van der Waals surface area contributed by atoms with E-state index in [1.807, 2.05) is 6.07 Å². The lowest BCUT2D eigenvalue weighted by Crippen LogP contribution is -2.44. The average molecular weight is 301 g/mol. The van der Waals surface area contributed by atoms with Gasteiger partial charge in [0.05, 0.1) is 4.34 Å². The van der Waals surface area contributed by atoms with E-state index in [4.69, 9.17) is 11.6 Å². The van der Waals surface area contributed by atoms with E-state index in [1.165, 1.54) is 30.8 Å². The molecule has 0 amide bonds. The molecule has 0 bridgehead atoms. The Balaban J connectivity index is 1.80. The van der Waals surface area contributed by atoms with Crippen LogP contribution in [0.1, 0.15) is 38.5 Å². The van der Waals surface area contributed by atoms with Gasteiger partial charge in [-0.1, -0.05) is 11.6 Å². The molecule has 1 atom stereocenters. The van der Waals surface area contributed by atoms with Crippen LogP contribution >= 0.6 is 22.9 Å². The summed E-state index contributed by atoms with van der Waals surface area (Å²) < 4.78 is 0.901. The predicted octanol–water partition coefficient (Wildman–Crippen LogP) is 4.00.